The molecule has 1 N–H and O–H groups in total. The predicted molar refractivity (Wildman–Crippen MR) is 75.7 cm³/mol. The SMILES string of the molecule is O=c1cc(N2CCN(c3ccccc3F)CC2)cn[nH]1. The van der Waals surface area contributed by atoms with Gasteiger partial charge in [-0.1, -0.05) is 12.1 Å². The number of para-hydroxylation sites is 1. The van der Waals surface area contributed by atoms with Crippen LogP contribution in [-0.4, -0.2) is 36.4 Å². The van der Waals surface area contributed by atoms with Crippen molar-refractivity contribution in [3.05, 3.63) is 52.7 Å². The molecule has 3 rings (SSSR count). The van der Waals surface area contributed by atoms with Gasteiger partial charge in [-0.3, -0.25) is 4.79 Å². The highest BCUT2D eigenvalue weighted by Gasteiger charge is 2.19. The number of benzene rings is 1. The zero-order chi connectivity index (χ0) is 13.9. The Bertz CT molecular complexity index is 649. The molecule has 2 heterocycles. The molecule has 1 fully saturated rings. The van der Waals surface area contributed by atoms with E-state index in [0.717, 1.165) is 18.8 Å². The van der Waals surface area contributed by atoms with E-state index in [1.165, 1.54) is 12.1 Å². The summed E-state index contributed by atoms with van der Waals surface area (Å²) in [6, 6.07) is 8.33. The summed E-state index contributed by atoms with van der Waals surface area (Å²) in [5.74, 6) is -0.196. The Morgan fingerprint density at radius 2 is 1.80 bits per heavy atom. The summed E-state index contributed by atoms with van der Waals surface area (Å²) in [4.78, 5) is 15.4. The van der Waals surface area contributed by atoms with E-state index in [2.05, 4.69) is 15.1 Å². The fourth-order valence-corrected chi connectivity index (χ4v) is 2.45. The topological polar surface area (TPSA) is 52.2 Å². The van der Waals surface area contributed by atoms with Crippen molar-refractivity contribution in [1.82, 2.24) is 10.2 Å². The lowest BCUT2D eigenvalue weighted by Gasteiger charge is -2.37. The number of H-pyrrole nitrogens is 1. The van der Waals surface area contributed by atoms with Crippen LogP contribution in [0.1, 0.15) is 0 Å². The smallest absolute Gasteiger partial charge is 0.266 e. The third-order valence-electron chi connectivity index (χ3n) is 3.49. The zero-order valence-electron chi connectivity index (χ0n) is 10.9. The van der Waals surface area contributed by atoms with Gasteiger partial charge in [0.2, 0.25) is 0 Å². The highest BCUT2D eigenvalue weighted by molar-refractivity contribution is 5.51. The molecule has 0 unspecified atom stereocenters. The molecular weight excluding hydrogens is 259 g/mol. The fourth-order valence-electron chi connectivity index (χ4n) is 2.45. The van der Waals surface area contributed by atoms with E-state index in [1.807, 2.05) is 11.0 Å². The summed E-state index contributed by atoms with van der Waals surface area (Å²) in [5, 5.41) is 6.16. The van der Waals surface area contributed by atoms with Crippen molar-refractivity contribution in [1.29, 1.82) is 0 Å². The number of anilines is 2. The Labute approximate surface area is 115 Å². The van der Waals surface area contributed by atoms with E-state index in [4.69, 9.17) is 0 Å². The number of rotatable bonds is 2. The standard InChI is InChI=1S/C14H15FN4O/c15-12-3-1-2-4-13(12)19-7-5-18(6-8-19)11-9-14(20)17-16-10-11/h1-4,9-10H,5-8H2,(H,17,20). The highest BCUT2D eigenvalue weighted by atomic mass is 19.1. The number of aromatic nitrogens is 2. The van der Waals surface area contributed by atoms with Gasteiger partial charge in [-0.2, -0.15) is 5.10 Å². The van der Waals surface area contributed by atoms with Gasteiger partial charge in [-0.25, -0.2) is 9.49 Å². The van der Waals surface area contributed by atoms with E-state index in [1.54, 1.807) is 18.3 Å². The van der Waals surface area contributed by atoms with E-state index < -0.39 is 0 Å². The third-order valence-corrected chi connectivity index (χ3v) is 3.49. The van der Waals surface area contributed by atoms with Crippen LogP contribution < -0.4 is 15.4 Å². The minimum atomic E-state index is -0.209. The molecule has 1 saturated heterocycles. The molecule has 0 spiro atoms. The van der Waals surface area contributed by atoms with Crippen molar-refractivity contribution in [2.24, 2.45) is 0 Å². The molecule has 104 valence electrons. The Morgan fingerprint density at radius 3 is 2.50 bits per heavy atom. The van der Waals surface area contributed by atoms with Gasteiger partial charge < -0.3 is 9.80 Å². The number of piperazine rings is 1. The number of hydrogen-bond donors (Lipinski definition) is 1. The quantitative estimate of drug-likeness (QED) is 0.895. The maximum atomic E-state index is 13.7. The summed E-state index contributed by atoms with van der Waals surface area (Å²) in [6.07, 6.45) is 1.64. The largest absolute Gasteiger partial charge is 0.367 e. The normalized spacial score (nSPS) is 15.4. The van der Waals surface area contributed by atoms with Crippen molar-refractivity contribution in [3.63, 3.8) is 0 Å². The second-order valence-corrected chi connectivity index (χ2v) is 4.73. The van der Waals surface area contributed by atoms with E-state index in [0.29, 0.717) is 18.8 Å². The molecule has 1 aliphatic heterocycles. The Morgan fingerprint density at radius 1 is 1.10 bits per heavy atom. The molecule has 20 heavy (non-hydrogen) atoms. The van der Waals surface area contributed by atoms with Gasteiger partial charge in [0.1, 0.15) is 5.82 Å². The molecule has 0 amide bonds. The monoisotopic (exact) mass is 274 g/mol. The number of hydrogen-bond acceptors (Lipinski definition) is 4. The lowest BCUT2D eigenvalue weighted by atomic mass is 10.2. The average molecular weight is 274 g/mol. The van der Waals surface area contributed by atoms with Crippen LogP contribution in [-0.2, 0) is 0 Å². The average Bonchev–Trinajstić information content (AvgIpc) is 2.48. The minimum Gasteiger partial charge on any atom is -0.367 e. The summed E-state index contributed by atoms with van der Waals surface area (Å²) in [6.45, 7) is 2.90. The molecule has 0 atom stereocenters. The fraction of sp³-hybridized carbons (Fsp3) is 0.286. The van der Waals surface area contributed by atoms with E-state index in [9.17, 15) is 9.18 Å². The van der Waals surface area contributed by atoms with Crippen molar-refractivity contribution in [3.8, 4) is 0 Å². The second kappa shape index (κ2) is 5.32. The summed E-state index contributed by atoms with van der Waals surface area (Å²) in [5.41, 5.74) is 1.23. The van der Waals surface area contributed by atoms with Crippen molar-refractivity contribution < 1.29 is 4.39 Å². The van der Waals surface area contributed by atoms with Crippen molar-refractivity contribution in [2.75, 3.05) is 36.0 Å². The molecule has 2 aromatic rings. The first-order valence-electron chi connectivity index (χ1n) is 6.53. The van der Waals surface area contributed by atoms with Crippen LogP contribution >= 0.6 is 0 Å². The Balaban J connectivity index is 1.71. The Hall–Kier alpha value is -2.37. The molecule has 5 nitrogen and oxygen atoms in total. The number of aromatic amines is 1. The summed E-state index contributed by atoms with van der Waals surface area (Å²) < 4.78 is 13.7. The van der Waals surface area contributed by atoms with Crippen LogP contribution in [0.5, 0.6) is 0 Å². The van der Waals surface area contributed by atoms with Gasteiger partial charge in [0.05, 0.1) is 17.6 Å². The maximum Gasteiger partial charge on any atom is 0.266 e. The molecule has 1 aliphatic rings. The molecular formula is C14H15FN4O. The molecule has 1 aromatic carbocycles. The van der Waals surface area contributed by atoms with Gasteiger partial charge in [0, 0.05) is 32.2 Å². The van der Waals surface area contributed by atoms with Crippen LogP contribution in [0, 0.1) is 5.82 Å². The van der Waals surface area contributed by atoms with Crippen LogP contribution in [0.2, 0.25) is 0 Å². The first kappa shape index (κ1) is 12.7. The lowest BCUT2D eigenvalue weighted by molar-refractivity contribution is 0.597. The zero-order valence-corrected chi connectivity index (χ0v) is 10.9. The highest BCUT2D eigenvalue weighted by Crippen LogP contribution is 2.21. The van der Waals surface area contributed by atoms with E-state index in [-0.39, 0.29) is 11.4 Å². The first-order valence-corrected chi connectivity index (χ1v) is 6.53. The summed E-state index contributed by atoms with van der Waals surface area (Å²) in [7, 11) is 0. The molecule has 0 radical (unpaired) electrons. The third kappa shape index (κ3) is 2.49. The van der Waals surface area contributed by atoms with Gasteiger partial charge >= 0.3 is 0 Å². The van der Waals surface area contributed by atoms with Crippen LogP contribution in [0.4, 0.5) is 15.8 Å². The second-order valence-electron chi connectivity index (χ2n) is 4.73. The van der Waals surface area contributed by atoms with Crippen molar-refractivity contribution >= 4 is 11.4 Å². The molecule has 1 aromatic heterocycles. The lowest BCUT2D eigenvalue weighted by Crippen LogP contribution is -2.47. The molecule has 6 heteroatoms. The van der Waals surface area contributed by atoms with Crippen LogP contribution in [0.15, 0.2) is 41.3 Å². The van der Waals surface area contributed by atoms with Gasteiger partial charge in [-0.15, -0.1) is 0 Å². The van der Waals surface area contributed by atoms with Gasteiger partial charge in [0.15, 0.2) is 0 Å². The van der Waals surface area contributed by atoms with Crippen LogP contribution in [0.3, 0.4) is 0 Å². The first-order chi connectivity index (χ1) is 9.74. The number of halogens is 1. The molecule has 0 bridgehead atoms. The molecule has 0 saturated carbocycles. The molecule has 0 aliphatic carbocycles. The predicted octanol–water partition coefficient (Wildman–Crippen LogP) is 1.24. The van der Waals surface area contributed by atoms with Crippen molar-refractivity contribution in [2.45, 2.75) is 0 Å². The van der Waals surface area contributed by atoms with Crippen LogP contribution in [0.25, 0.3) is 0 Å². The maximum absolute atomic E-state index is 13.7. The summed E-state index contributed by atoms with van der Waals surface area (Å²) >= 11 is 0. The Kier molecular flexibility index (Phi) is 3.37. The number of nitrogens with zero attached hydrogens (tertiary/aromatic N) is 3. The van der Waals surface area contributed by atoms with Gasteiger partial charge in [0.25, 0.3) is 5.56 Å². The van der Waals surface area contributed by atoms with E-state index >= 15 is 0 Å². The van der Waals surface area contributed by atoms with Gasteiger partial charge in [-0.05, 0) is 12.1 Å². The number of nitrogens with one attached hydrogen (secondary N) is 1. The minimum absolute atomic E-state index is 0.196.